The maximum atomic E-state index is 13.7. The summed E-state index contributed by atoms with van der Waals surface area (Å²) in [6.45, 7) is 6.80. The van der Waals surface area contributed by atoms with Gasteiger partial charge in [-0.05, 0) is 36.3 Å². The molecule has 0 aliphatic heterocycles. The summed E-state index contributed by atoms with van der Waals surface area (Å²) in [6, 6.07) is 17.0. The first kappa shape index (κ1) is 23.3. The molecule has 1 N–H and O–H groups in total. The summed E-state index contributed by atoms with van der Waals surface area (Å²) >= 11 is 5.99. The fraction of sp³-hybridized carbons (Fsp3) is 0.462. The maximum Gasteiger partial charge on any atom is 0.247 e. The second-order valence-corrected chi connectivity index (χ2v) is 9.10. The quantitative estimate of drug-likeness (QED) is 0.598. The molecule has 4 atom stereocenters. The highest BCUT2D eigenvalue weighted by Crippen LogP contribution is 2.31. The number of hydrogen-bond acceptors (Lipinski definition) is 2. The van der Waals surface area contributed by atoms with E-state index >= 15 is 0 Å². The molecule has 1 aliphatic carbocycles. The van der Waals surface area contributed by atoms with E-state index in [0.717, 1.165) is 29.5 Å². The molecule has 0 radical (unpaired) electrons. The van der Waals surface area contributed by atoms with Crippen molar-refractivity contribution in [2.24, 2.45) is 11.8 Å². The second kappa shape index (κ2) is 10.8. The Bertz CT molecular complexity index is 869. The predicted octanol–water partition coefficient (Wildman–Crippen LogP) is 5.24. The molecule has 2 aromatic rings. The zero-order valence-corrected chi connectivity index (χ0v) is 19.4. The van der Waals surface area contributed by atoms with E-state index in [9.17, 15) is 9.59 Å². The SMILES string of the molecule is Cc1ccc([C@H](C(=O)N[C@@H]2CCC[C@H](C)[C@H]2C)N(Cc2ccccc2)C(=O)CCl)cc1. The average molecular weight is 441 g/mol. The van der Waals surface area contributed by atoms with E-state index in [1.54, 1.807) is 4.90 Å². The van der Waals surface area contributed by atoms with Crippen molar-refractivity contribution >= 4 is 23.4 Å². The molecule has 4 nitrogen and oxygen atoms in total. The van der Waals surface area contributed by atoms with Crippen LogP contribution < -0.4 is 5.32 Å². The Labute approximate surface area is 191 Å². The van der Waals surface area contributed by atoms with Gasteiger partial charge >= 0.3 is 0 Å². The molecule has 0 bridgehead atoms. The highest BCUT2D eigenvalue weighted by molar-refractivity contribution is 6.27. The van der Waals surface area contributed by atoms with Crippen LogP contribution in [-0.2, 0) is 16.1 Å². The fourth-order valence-electron chi connectivity index (χ4n) is 4.45. The van der Waals surface area contributed by atoms with Crippen LogP contribution in [0.2, 0.25) is 0 Å². The zero-order valence-electron chi connectivity index (χ0n) is 18.7. The Balaban J connectivity index is 1.94. The van der Waals surface area contributed by atoms with Crippen LogP contribution in [0.15, 0.2) is 54.6 Å². The fourth-order valence-corrected chi connectivity index (χ4v) is 4.60. The molecule has 2 amide bonds. The van der Waals surface area contributed by atoms with Gasteiger partial charge < -0.3 is 10.2 Å². The van der Waals surface area contributed by atoms with Crippen molar-refractivity contribution in [2.45, 2.75) is 58.7 Å². The number of benzene rings is 2. The minimum absolute atomic E-state index is 0.119. The summed E-state index contributed by atoms with van der Waals surface area (Å²) in [5.41, 5.74) is 2.87. The number of halogens is 1. The van der Waals surface area contributed by atoms with Gasteiger partial charge in [0.05, 0.1) is 0 Å². The molecule has 0 saturated heterocycles. The van der Waals surface area contributed by atoms with Crippen molar-refractivity contribution in [1.82, 2.24) is 10.2 Å². The van der Waals surface area contributed by atoms with Crippen molar-refractivity contribution in [3.63, 3.8) is 0 Å². The van der Waals surface area contributed by atoms with Crippen molar-refractivity contribution in [3.8, 4) is 0 Å². The lowest BCUT2D eigenvalue weighted by Gasteiger charge is -2.37. The van der Waals surface area contributed by atoms with Crippen LogP contribution in [-0.4, -0.2) is 28.6 Å². The first-order valence-corrected chi connectivity index (χ1v) is 11.7. The van der Waals surface area contributed by atoms with Crippen LogP contribution in [0.4, 0.5) is 0 Å². The predicted molar refractivity (Wildman–Crippen MR) is 126 cm³/mol. The van der Waals surface area contributed by atoms with Crippen LogP contribution in [0.3, 0.4) is 0 Å². The van der Waals surface area contributed by atoms with E-state index in [1.807, 2.05) is 61.5 Å². The van der Waals surface area contributed by atoms with Gasteiger partial charge in [0.15, 0.2) is 0 Å². The van der Waals surface area contributed by atoms with Crippen LogP contribution in [0.5, 0.6) is 0 Å². The second-order valence-electron chi connectivity index (χ2n) is 8.84. The summed E-state index contributed by atoms with van der Waals surface area (Å²) in [7, 11) is 0. The number of hydrogen-bond donors (Lipinski definition) is 1. The molecule has 5 heteroatoms. The van der Waals surface area contributed by atoms with Crippen molar-refractivity contribution < 1.29 is 9.59 Å². The van der Waals surface area contributed by atoms with Crippen LogP contribution in [0.25, 0.3) is 0 Å². The van der Waals surface area contributed by atoms with Gasteiger partial charge in [0.1, 0.15) is 11.9 Å². The molecule has 1 fully saturated rings. The first-order valence-electron chi connectivity index (χ1n) is 11.2. The molecule has 0 aromatic heterocycles. The Morgan fingerprint density at radius 3 is 2.39 bits per heavy atom. The van der Waals surface area contributed by atoms with Gasteiger partial charge in [-0.15, -0.1) is 11.6 Å². The minimum Gasteiger partial charge on any atom is -0.351 e. The number of nitrogens with one attached hydrogen (secondary N) is 1. The van der Waals surface area contributed by atoms with Gasteiger partial charge in [-0.1, -0.05) is 86.8 Å². The van der Waals surface area contributed by atoms with E-state index in [4.69, 9.17) is 11.6 Å². The number of aryl methyl sites for hydroxylation is 1. The lowest BCUT2D eigenvalue weighted by atomic mass is 9.78. The Kier molecular flexibility index (Phi) is 8.14. The highest BCUT2D eigenvalue weighted by atomic mass is 35.5. The minimum atomic E-state index is -0.725. The normalized spacial score (nSPS) is 21.9. The number of nitrogens with zero attached hydrogens (tertiary/aromatic N) is 1. The monoisotopic (exact) mass is 440 g/mol. The number of rotatable bonds is 7. The van der Waals surface area contributed by atoms with E-state index in [2.05, 4.69) is 19.2 Å². The number of carbonyl (C=O) groups excluding carboxylic acids is 2. The standard InChI is InChI=1S/C26H33ClN2O2/c1-18-12-14-22(15-13-18)25(26(31)28-23-11-7-8-19(2)20(23)3)29(24(30)16-27)17-21-9-5-4-6-10-21/h4-6,9-10,12-15,19-20,23,25H,7-8,11,16-17H2,1-3H3,(H,28,31)/t19-,20+,23+,25+/m0/s1. The molecule has 0 heterocycles. The number of alkyl halides is 1. The van der Waals surface area contributed by atoms with Crippen molar-refractivity contribution in [3.05, 3.63) is 71.3 Å². The molecule has 3 rings (SSSR count). The largest absolute Gasteiger partial charge is 0.351 e. The van der Waals surface area contributed by atoms with Gasteiger partial charge in [-0.3, -0.25) is 9.59 Å². The molecule has 31 heavy (non-hydrogen) atoms. The zero-order chi connectivity index (χ0) is 22.4. The van der Waals surface area contributed by atoms with Crippen LogP contribution in [0.1, 0.15) is 55.8 Å². The summed E-state index contributed by atoms with van der Waals surface area (Å²) in [5, 5.41) is 3.28. The molecular weight excluding hydrogens is 408 g/mol. The molecule has 0 spiro atoms. The summed E-state index contributed by atoms with van der Waals surface area (Å²) in [5.74, 6) is 0.421. The molecule has 1 saturated carbocycles. The molecule has 1 aliphatic rings. The van der Waals surface area contributed by atoms with Gasteiger partial charge in [-0.25, -0.2) is 0 Å². The van der Waals surface area contributed by atoms with Crippen LogP contribution >= 0.6 is 11.6 Å². The Morgan fingerprint density at radius 2 is 1.74 bits per heavy atom. The molecular formula is C26H33ClN2O2. The summed E-state index contributed by atoms with van der Waals surface area (Å²) in [6.07, 6.45) is 3.28. The van der Waals surface area contributed by atoms with E-state index in [-0.39, 0.29) is 23.7 Å². The van der Waals surface area contributed by atoms with Crippen molar-refractivity contribution in [2.75, 3.05) is 5.88 Å². The average Bonchev–Trinajstić information content (AvgIpc) is 2.78. The third-order valence-corrected chi connectivity index (χ3v) is 6.85. The summed E-state index contributed by atoms with van der Waals surface area (Å²) < 4.78 is 0. The third kappa shape index (κ3) is 5.88. The lowest BCUT2D eigenvalue weighted by Crippen LogP contribution is -2.50. The maximum absolute atomic E-state index is 13.7. The van der Waals surface area contributed by atoms with Gasteiger partial charge in [0.25, 0.3) is 0 Å². The lowest BCUT2D eigenvalue weighted by molar-refractivity contribution is -0.140. The molecule has 166 valence electrons. The van der Waals surface area contributed by atoms with Crippen LogP contribution in [0, 0.1) is 18.8 Å². The van der Waals surface area contributed by atoms with E-state index < -0.39 is 6.04 Å². The van der Waals surface area contributed by atoms with Crippen molar-refractivity contribution in [1.29, 1.82) is 0 Å². The van der Waals surface area contributed by atoms with Gasteiger partial charge in [0.2, 0.25) is 11.8 Å². The third-order valence-electron chi connectivity index (χ3n) is 6.62. The van der Waals surface area contributed by atoms with Gasteiger partial charge in [0, 0.05) is 12.6 Å². The number of carbonyl (C=O) groups is 2. The number of amides is 2. The molecule has 0 unspecified atom stereocenters. The first-order chi connectivity index (χ1) is 14.9. The van der Waals surface area contributed by atoms with E-state index in [0.29, 0.717) is 18.4 Å². The van der Waals surface area contributed by atoms with Gasteiger partial charge in [-0.2, -0.15) is 0 Å². The Hall–Kier alpha value is -2.33. The Morgan fingerprint density at radius 1 is 1.06 bits per heavy atom. The topological polar surface area (TPSA) is 49.4 Å². The summed E-state index contributed by atoms with van der Waals surface area (Å²) in [4.78, 5) is 28.2. The molecule has 2 aromatic carbocycles. The highest BCUT2D eigenvalue weighted by Gasteiger charge is 2.35. The van der Waals surface area contributed by atoms with E-state index in [1.165, 1.54) is 6.42 Å². The smallest absolute Gasteiger partial charge is 0.247 e.